The van der Waals surface area contributed by atoms with Crippen LogP contribution in [0.2, 0.25) is 0 Å². The summed E-state index contributed by atoms with van der Waals surface area (Å²) in [7, 11) is 0. The van der Waals surface area contributed by atoms with Gasteiger partial charge in [0, 0.05) is 3.57 Å². The van der Waals surface area contributed by atoms with Gasteiger partial charge in [-0.2, -0.15) is 0 Å². The van der Waals surface area contributed by atoms with Gasteiger partial charge in [-0.15, -0.1) is 11.3 Å². The molecular weight excluding hydrogens is 543 g/mol. The van der Waals surface area contributed by atoms with Crippen molar-refractivity contribution in [3.63, 3.8) is 0 Å². The van der Waals surface area contributed by atoms with Crippen LogP contribution in [0.25, 0.3) is 0 Å². The summed E-state index contributed by atoms with van der Waals surface area (Å²) in [4.78, 5) is 0.228. The molecule has 0 spiro atoms. The Morgan fingerprint density at radius 1 is 1.24 bits per heavy atom. The molecule has 90 valence electrons. The highest BCUT2D eigenvalue weighted by molar-refractivity contribution is 14.1. The maximum atomic E-state index is 3.79. The summed E-state index contributed by atoms with van der Waals surface area (Å²) in [6.45, 7) is 2.14. The lowest BCUT2D eigenvalue weighted by Crippen LogP contribution is -1.96. The average Bonchev–Trinajstić information content (AvgIpc) is 2.61. The first kappa shape index (κ1) is 14.5. The van der Waals surface area contributed by atoms with Crippen LogP contribution in [0.4, 0.5) is 0 Å². The summed E-state index contributed by atoms with van der Waals surface area (Å²) in [6.07, 6.45) is 0. The molecule has 0 bridgehead atoms. The molecule has 0 amide bonds. The molecule has 0 aliphatic heterocycles. The van der Waals surface area contributed by atoms with Crippen molar-refractivity contribution in [1.29, 1.82) is 0 Å². The molecule has 1 atom stereocenters. The SMILES string of the molecule is Cc1cccc(C(Br)c2cc(Br)sc2Br)c1I. The molecule has 17 heavy (non-hydrogen) atoms. The Bertz CT molecular complexity index is 551. The lowest BCUT2D eigenvalue weighted by Gasteiger charge is -2.13. The second-order valence-corrected chi connectivity index (χ2v) is 9.36. The number of alkyl halides is 1. The van der Waals surface area contributed by atoms with Crippen LogP contribution < -0.4 is 0 Å². The molecule has 0 aliphatic rings. The van der Waals surface area contributed by atoms with Gasteiger partial charge in [-0.3, -0.25) is 0 Å². The molecule has 0 N–H and O–H groups in total. The third kappa shape index (κ3) is 3.16. The maximum absolute atomic E-state index is 3.79. The van der Waals surface area contributed by atoms with Gasteiger partial charge in [0.05, 0.1) is 12.4 Å². The molecule has 1 aromatic heterocycles. The third-order valence-corrected chi connectivity index (χ3v) is 7.30. The number of rotatable bonds is 2. The summed E-state index contributed by atoms with van der Waals surface area (Å²) in [5.74, 6) is 0. The summed E-state index contributed by atoms with van der Waals surface area (Å²) >= 11 is 15.0. The fourth-order valence-electron chi connectivity index (χ4n) is 1.56. The van der Waals surface area contributed by atoms with E-state index in [2.05, 4.69) is 102 Å². The molecule has 1 aromatic carbocycles. The predicted molar refractivity (Wildman–Crippen MR) is 94.4 cm³/mol. The van der Waals surface area contributed by atoms with Crippen LogP contribution in [0.15, 0.2) is 31.8 Å². The second kappa shape index (κ2) is 6.03. The van der Waals surface area contributed by atoms with E-state index in [1.54, 1.807) is 11.3 Å². The normalized spacial score (nSPS) is 12.8. The van der Waals surface area contributed by atoms with Gasteiger partial charge >= 0.3 is 0 Å². The lowest BCUT2D eigenvalue weighted by molar-refractivity contribution is 1.15. The number of aryl methyl sites for hydroxylation is 1. The molecule has 0 fully saturated rings. The fourth-order valence-corrected chi connectivity index (χ4v) is 6.76. The van der Waals surface area contributed by atoms with Crippen LogP contribution >= 0.6 is 81.7 Å². The van der Waals surface area contributed by atoms with E-state index in [1.807, 2.05) is 0 Å². The van der Waals surface area contributed by atoms with Gasteiger partial charge < -0.3 is 0 Å². The number of hydrogen-bond acceptors (Lipinski definition) is 1. The molecule has 0 nitrogen and oxygen atoms in total. The topological polar surface area (TPSA) is 0 Å². The Labute approximate surface area is 144 Å². The summed E-state index contributed by atoms with van der Waals surface area (Å²) in [5.41, 5.74) is 3.90. The zero-order chi connectivity index (χ0) is 12.6. The predicted octanol–water partition coefficient (Wildman–Crippen LogP) is 6.67. The Morgan fingerprint density at radius 3 is 2.53 bits per heavy atom. The maximum Gasteiger partial charge on any atom is 0.0757 e. The van der Waals surface area contributed by atoms with Crippen LogP contribution in [0.5, 0.6) is 0 Å². The van der Waals surface area contributed by atoms with E-state index in [1.165, 1.54) is 24.0 Å². The number of halogens is 4. The van der Waals surface area contributed by atoms with Crippen molar-refractivity contribution < 1.29 is 0 Å². The number of benzene rings is 1. The molecular formula is C12H8Br3IS. The van der Waals surface area contributed by atoms with Gasteiger partial charge in [0.1, 0.15) is 0 Å². The van der Waals surface area contributed by atoms with E-state index in [0.29, 0.717) is 0 Å². The minimum atomic E-state index is 0.228. The van der Waals surface area contributed by atoms with Gasteiger partial charge in [0.2, 0.25) is 0 Å². The highest BCUT2D eigenvalue weighted by atomic mass is 127. The number of thiophene rings is 1. The Kier molecular flexibility index (Phi) is 5.14. The smallest absolute Gasteiger partial charge is 0.0757 e. The average molecular weight is 551 g/mol. The second-order valence-electron chi connectivity index (χ2n) is 3.62. The van der Waals surface area contributed by atoms with Crippen molar-refractivity contribution >= 4 is 81.7 Å². The van der Waals surface area contributed by atoms with Crippen molar-refractivity contribution in [3.05, 3.63) is 52.1 Å². The van der Waals surface area contributed by atoms with Gasteiger partial charge in [-0.1, -0.05) is 34.1 Å². The van der Waals surface area contributed by atoms with Crippen molar-refractivity contribution in [2.75, 3.05) is 0 Å². The van der Waals surface area contributed by atoms with Crippen molar-refractivity contribution in [3.8, 4) is 0 Å². The largest absolute Gasteiger partial charge is 0.121 e. The fraction of sp³-hybridized carbons (Fsp3) is 0.167. The van der Waals surface area contributed by atoms with Crippen molar-refractivity contribution in [1.82, 2.24) is 0 Å². The van der Waals surface area contributed by atoms with Crippen molar-refractivity contribution in [2.24, 2.45) is 0 Å². The van der Waals surface area contributed by atoms with Gasteiger partial charge in [-0.25, -0.2) is 0 Å². The Morgan fingerprint density at radius 2 is 1.94 bits per heavy atom. The molecule has 2 aromatic rings. The van der Waals surface area contributed by atoms with E-state index < -0.39 is 0 Å². The summed E-state index contributed by atoms with van der Waals surface area (Å²) in [6, 6.07) is 8.58. The standard InChI is InChI=1S/C12H8Br3IS/c1-6-3-2-4-7(11(6)16)10(14)8-5-9(13)17-12(8)15/h2-5,10H,1H3. The van der Waals surface area contributed by atoms with Crippen LogP contribution in [0.1, 0.15) is 21.5 Å². The van der Waals surface area contributed by atoms with E-state index in [4.69, 9.17) is 0 Å². The van der Waals surface area contributed by atoms with E-state index in [-0.39, 0.29) is 4.83 Å². The quantitative estimate of drug-likeness (QED) is 0.289. The molecule has 1 heterocycles. The summed E-state index contributed by atoms with van der Waals surface area (Å²) < 4.78 is 3.64. The van der Waals surface area contributed by atoms with E-state index in [0.717, 1.165) is 3.79 Å². The zero-order valence-corrected chi connectivity index (χ0v) is 16.5. The summed E-state index contributed by atoms with van der Waals surface area (Å²) in [5, 5.41) is 0. The Balaban J connectivity index is 2.47. The molecule has 0 aliphatic carbocycles. The monoisotopic (exact) mass is 548 g/mol. The van der Waals surface area contributed by atoms with E-state index in [9.17, 15) is 0 Å². The molecule has 2 rings (SSSR count). The molecule has 5 heteroatoms. The molecule has 0 radical (unpaired) electrons. The minimum absolute atomic E-state index is 0.228. The minimum Gasteiger partial charge on any atom is -0.121 e. The van der Waals surface area contributed by atoms with Crippen LogP contribution in [0, 0.1) is 10.5 Å². The molecule has 1 unspecified atom stereocenters. The van der Waals surface area contributed by atoms with E-state index >= 15 is 0 Å². The first-order chi connectivity index (χ1) is 8.00. The van der Waals surface area contributed by atoms with Crippen molar-refractivity contribution in [2.45, 2.75) is 11.8 Å². The lowest BCUT2D eigenvalue weighted by atomic mass is 10.1. The van der Waals surface area contributed by atoms with Gasteiger partial charge in [0.15, 0.2) is 0 Å². The first-order valence-corrected chi connectivity index (χ1v) is 9.24. The van der Waals surface area contributed by atoms with Gasteiger partial charge in [0.25, 0.3) is 0 Å². The van der Waals surface area contributed by atoms with Crippen LogP contribution in [-0.4, -0.2) is 0 Å². The van der Waals surface area contributed by atoms with Gasteiger partial charge in [-0.05, 0) is 84.1 Å². The van der Waals surface area contributed by atoms with Crippen LogP contribution in [-0.2, 0) is 0 Å². The molecule has 0 saturated carbocycles. The zero-order valence-electron chi connectivity index (χ0n) is 8.81. The first-order valence-electron chi connectivity index (χ1n) is 4.84. The molecule has 0 saturated heterocycles. The number of hydrogen-bond donors (Lipinski definition) is 0. The highest BCUT2D eigenvalue weighted by Crippen LogP contribution is 2.43. The third-order valence-electron chi connectivity index (χ3n) is 2.45. The van der Waals surface area contributed by atoms with Crippen LogP contribution in [0.3, 0.4) is 0 Å². The highest BCUT2D eigenvalue weighted by Gasteiger charge is 2.18. The Hall–Kier alpha value is 1.09.